The molecule has 0 radical (unpaired) electrons. The number of nitrogens with zero attached hydrogens (tertiary/aromatic N) is 1. The van der Waals surface area contributed by atoms with Gasteiger partial charge in [0.2, 0.25) is 15.9 Å². The van der Waals surface area contributed by atoms with Crippen molar-refractivity contribution in [2.24, 2.45) is 11.8 Å². The second-order valence-electron chi connectivity index (χ2n) is 8.24. The molecule has 174 valence electrons. The second kappa shape index (κ2) is 10.2. The summed E-state index contributed by atoms with van der Waals surface area (Å²) in [5.41, 5.74) is 0.933. The lowest BCUT2D eigenvalue weighted by Crippen LogP contribution is -2.43. The molecule has 2 amide bonds. The van der Waals surface area contributed by atoms with E-state index in [1.54, 1.807) is 34.9 Å². The number of benzene rings is 2. The van der Waals surface area contributed by atoms with Gasteiger partial charge >= 0.3 is 0 Å². The van der Waals surface area contributed by atoms with Crippen LogP contribution in [-0.2, 0) is 14.8 Å². The van der Waals surface area contributed by atoms with Crippen molar-refractivity contribution in [2.45, 2.75) is 38.6 Å². The quantitative estimate of drug-likeness (QED) is 0.627. The highest BCUT2D eigenvalue weighted by Gasteiger charge is 2.29. The van der Waals surface area contributed by atoms with Crippen LogP contribution in [0.5, 0.6) is 0 Å². The van der Waals surface area contributed by atoms with Crippen LogP contribution >= 0.6 is 0 Å². The highest BCUT2D eigenvalue weighted by molar-refractivity contribution is 7.89. The van der Waals surface area contributed by atoms with Gasteiger partial charge in [0, 0.05) is 37.3 Å². The molecule has 0 heterocycles. The number of nitrogens with one attached hydrogen (secondary N) is 2. The highest BCUT2D eigenvalue weighted by Crippen LogP contribution is 2.21. The fraction of sp³-hybridized carbons (Fsp3) is 0.391. The maximum Gasteiger partial charge on any atom is 0.255 e. The smallest absolute Gasteiger partial charge is 0.255 e. The van der Waals surface area contributed by atoms with E-state index in [2.05, 4.69) is 10.0 Å². The molecule has 0 aromatic heterocycles. The SMILES string of the molecule is Cc1cc(NC(=O)c2cccc(S(=O)(=O)NC(C)C(C)C(C)C(=O)N(C)C)c2)ccc1F. The number of rotatable bonds is 8. The van der Waals surface area contributed by atoms with E-state index in [0.717, 1.165) is 0 Å². The van der Waals surface area contributed by atoms with Crippen molar-refractivity contribution in [1.29, 1.82) is 0 Å². The van der Waals surface area contributed by atoms with Crippen molar-refractivity contribution in [2.75, 3.05) is 19.4 Å². The molecule has 2 aromatic rings. The zero-order valence-electron chi connectivity index (χ0n) is 19.1. The number of sulfonamides is 1. The molecule has 0 spiro atoms. The van der Waals surface area contributed by atoms with Gasteiger partial charge in [-0.15, -0.1) is 0 Å². The van der Waals surface area contributed by atoms with Gasteiger partial charge in [0.05, 0.1) is 4.90 Å². The van der Waals surface area contributed by atoms with E-state index in [0.29, 0.717) is 11.3 Å². The minimum Gasteiger partial charge on any atom is -0.349 e. The monoisotopic (exact) mass is 463 g/mol. The van der Waals surface area contributed by atoms with E-state index >= 15 is 0 Å². The summed E-state index contributed by atoms with van der Waals surface area (Å²) in [4.78, 5) is 26.2. The molecule has 2 N–H and O–H groups in total. The average molecular weight is 464 g/mol. The Labute approximate surface area is 189 Å². The van der Waals surface area contributed by atoms with Crippen LogP contribution < -0.4 is 10.0 Å². The van der Waals surface area contributed by atoms with Gasteiger partial charge in [-0.25, -0.2) is 17.5 Å². The summed E-state index contributed by atoms with van der Waals surface area (Å²) in [6, 6.07) is 9.31. The minimum atomic E-state index is -3.93. The normalized spacial score (nSPS) is 14.3. The predicted octanol–water partition coefficient (Wildman–Crippen LogP) is 3.41. The Hall–Kier alpha value is -2.78. The lowest BCUT2D eigenvalue weighted by Gasteiger charge is -2.28. The van der Waals surface area contributed by atoms with Gasteiger partial charge in [0.25, 0.3) is 5.91 Å². The lowest BCUT2D eigenvalue weighted by atomic mass is 9.89. The Balaban J connectivity index is 2.17. The van der Waals surface area contributed by atoms with Gasteiger partial charge in [-0.05, 0) is 61.7 Å². The molecule has 2 rings (SSSR count). The van der Waals surface area contributed by atoms with Crippen molar-refractivity contribution in [3.8, 4) is 0 Å². The number of halogens is 1. The Morgan fingerprint density at radius 3 is 2.28 bits per heavy atom. The average Bonchev–Trinajstić information content (AvgIpc) is 2.74. The van der Waals surface area contributed by atoms with Crippen LogP contribution in [0.4, 0.5) is 10.1 Å². The number of carbonyl (C=O) groups excluding carboxylic acids is 2. The van der Waals surface area contributed by atoms with Crippen molar-refractivity contribution >= 4 is 27.5 Å². The fourth-order valence-electron chi connectivity index (χ4n) is 3.22. The number of hydrogen-bond acceptors (Lipinski definition) is 4. The van der Waals surface area contributed by atoms with E-state index in [4.69, 9.17) is 0 Å². The second-order valence-corrected chi connectivity index (χ2v) is 9.95. The van der Waals surface area contributed by atoms with Crippen LogP contribution in [0.2, 0.25) is 0 Å². The number of carbonyl (C=O) groups is 2. The number of hydrogen-bond donors (Lipinski definition) is 2. The number of amides is 2. The molecule has 0 aliphatic carbocycles. The molecule has 3 unspecified atom stereocenters. The lowest BCUT2D eigenvalue weighted by molar-refractivity contribution is -0.134. The Bertz CT molecular complexity index is 1100. The first-order valence-corrected chi connectivity index (χ1v) is 11.7. The Morgan fingerprint density at radius 1 is 1.03 bits per heavy atom. The third-order valence-corrected chi connectivity index (χ3v) is 7.13. The van der Waals surface area contributed by atoms with E-state index in [1.165, 1.54) is 47.4 Å². The summed E-state index contributed by atoms with van der Waals surface area (Å²) in [5.74, 6) is -1.61. The van der Waals surface area contributed by atoms with Crippen LogP contribution in [0.25, 0.3) is 0 Å². The van der Waals surface area contributed by atoms with Crippen molar-refractivity contribution < 1.29 is 22.4 Å². The summed E-state index contributed by atoms with van der Waals surface area (Å²) in [5, 5.41) is 2.64. The van der Waals surface area contributed by atoms with Gasteiger partial charge in [0.15, 0.2) is 0 Å². The third-order valence-electron chi connectivity index (χ3n) is 5.57. The molecule has 0 saturated carbocycles. The van der Waals surface area contributed by atoms with Gasteiger partial charge in [-0.1, -0.05) is 19.9 Å². The molecule has 0 fully saturated rings. The van der Waals surface area contributed by atoms with Crippen molar-refractivity contribution in [3.05, 3.63) is 59.4 Å². The zero-order valence-corrected chi connectivity index (χ0v) is 20.0. The van der Waals surface area contributed by atoms with Crippen molar-refractivity contribution in [3.63, 3.8) is 0 Å². The molecule has 32 heavy (non-hydrogen) atoms. The topological polar surface area (TPSA) is 95.6 Å². The summed E-state index contributed by atoms with van der Waals surface area (Å²) >= 11 is 0. The molecule has 2 aromatic carbocycles. The standard InChI is InChI=1S/C23H30FN3O4S/c1-14-12-19(10-11-21(14)24)25-22(28)18-8-7-9-20(13-18)32(30,31)26-17(4)15(2)16(3)23(29)27(5)6/h7-13,15-17,26H,1-6H3,(H,25,28). The first-order valence-electron chi connectivity index (χ1n) is 10.2. The first kappa shape index (κ1) is 25.5. The predicted molar refractivity (Wildman–Crippen MR) is 122 cm³/mol. The third kappa shape index (κ3) is 6.14. The molecule has 7 nitrogen and oxygen atoms in total. The molecule has 0 saturated heterocycles. The Morgan fingerprint density at radius 2 is 1.69 bits per heavy atom. The van der Waals surface area contributed by atoms with Crippen LogP contribution in [0.15, 0.2) is 47.4 Å². The van der Waals surface area contributed by atoms with E-state index in [-0.39, 0.29) is 34.0 Å². The molecular formula is C23H30FN3O4S. The molecule has 0 aliphatic heterocycles. The largest absolute Gasteiger partial charge is 0.349 e. The Kier molecular flexibility index (Phi) is 8.14. The van der Waals surface area contributed by atoms with Crippen LogP contribution in [0, 0.1) is 24.6 Å². The zero-order chi connectivity index (χ0) is 24.2. The summed E-state index contributed by atoms with van der Waals surface area (Å²) in [6.07, 6.45) is 0. The van der Waals surface area contributed by atoms with Crippen LogP contribution in [-0.4, -0.2) is 45.3 Å². The van der Waals surface area contributed by atoms with Gasteiger partial charge in [-0.3, -0.25) is 9.59 Å². The van der Waals surface area contributed by atoms with Crippen LogP contribution in [0.3, 0.4) is 0 Å². The van der Waals surface area contributed by atoms with E-state index in [9.17, 15) is 22.4 Å². The first-order chi connectivity index (χ1) is 14.8. The highest BCUT2D eigenvalue weighted by atomic mass is 32.2. The summed E-state index contributed by atoms with van der Waals surface area (Å²) in [7, 11) is -0.616. The van der Waals surface area contributed by atoms with Crippen molar-refractivity contribution in [1.82, 2.24) is 9.62 Å². The summed E-state index contributed by atoms with van der Waals surface area (Å²) in [6.45, 7) is 6.86. The fourth-order valence-corrected chi connectivity index (χ4v) is 4.60. The van der Waals surface area contributed by atoms with Crippen LogP contribution in [0.1, 0.15) is 36.7 Å². The van der Waals surface area contributed by atoms with E-state index < -0.39 is 22.0 Å². The van der Waals surface area contributed by atoms with Gasteiger partial charge in [0.1, 0.15) is 5.82 Å². The van der Waals surface area contributed by atoms with Gasteiger partial charge < -0.3 is 10.2 Å². The minimum absolute atomic E-state index is 0.0638. The van der Waals surface area contributed by atoms with E-state index in [1.807, 2.05) is 6.92 Å². The molecule has 3 atom stereocenters. The molecule has 9 heteroatoms. The van der Waals surface area contributed by atoms with Gasteiger partial charge in [-0.2, -0.15) is 0 Å². The molecular weight excluding hydrogens is 433 g/mol. The number of aryl methyl sites for hydroxylation is 1. The molecule has 0 aliphatic rings. The maximum absolute atomic E-state index is 13.4. The maximum atomic E-state index is 13.4. The summed E-state index contributed by atoms with van der Waals surface area (Å²) < 4.78 is 41.9. The number of anilines is 1. The molecule has 0 bridgehead atoms.